The van der Waals surface area contributed by atoms with Crippen LogP contribution in [-0.2, 0) is 17.6 Å². The van der Waals surface area contributed by atoms with E-state index in [9.17, 15) is 4.39 Å². The maximum absolute atomic E-state index is 12.5. The summed E-state index contributed by atoms with van der Waals surface area (Å²) >= 11 is 0. The molecule has 0 amide bonds. The molecular weight excluding hydrogens is 507 g/mol. The van der Waals surface area contributed by atoms with Crippen molar-refractivity contribution in [3.63, 3.8) is 0 Å². The molecule has 3 nitrogen and oxygen atoms in total. The zero-order valence-electron chi connectivity index (χ0n) is 27.2. The van der Waals surface area contributed by atoms with E-state index in [4.69, 9.17) is 15.8 Å². The minimum Gasteiger partial charge on any atom is -0.402 e. The van der Waals surface area contributed by atoms with E-state index in [1.165, 1.54) is 45.1 Å². The molecule has 228 valence electrons. The molecule has 0 fully saturated rings. The van der Waals surface area contributed by atoms with Gasteiger partial charge in [-0.3, -0.25) is 0 Å². The Hall–Kier alpha value is -3.45. The van der Waals surface area contributed by atoms with E-state index in [0.717, 1.165) is 65.5 Å². The second-order valence-electron chi connectivity index (χ2n) is 8.86. The van der Waals surface area contributed by atoms with E-state index >= 15 is 0 Å². The van der Waals surface area contributed by atoms with E-state index in [-0.39, 0.29) is 5.82 Å². The highest BCUT2D eigenvalue weighted by atomic mass is 19.1. The van der Waals surface area contributed by atoms with Gasteiger partial charge in [0.25, 0.3) is 0 Å². The number of carbonyl (C=O) groups is 1. The second-order valence-corrected chi connectivity index (χ2v) is 8.86. The summed E-state index contributed by atoms with van der Waals surface area (Å²) in [4.78, 5) is 8.81. The number of allylic oxidation sites excluding steroid dienone is 5. The minimum absolute atomic E-state index is 0.133. The summed E-state index contributed by atoms with van der Waals surface area (Å²) in [5, 5.41) is 9.14. The van der Waals surface area contributed by atoms with Gasteiger partial charge in [0.05, 0.1) is 11.6 Å². The van der Waals surface area contributed by atoms with Crippen LogP contribution in [0.5, 0.6) is 0 Å². The quantitative estimate of drug-likeness (QED) is 0.158. The molecule has 0 saturated heterocycles. The van der Waals surface area contributed by atoms with Crippen LogP contribution in [-0.4, -0.2) is 6.29 Å². The van der Waals surface area contributed by atoms with Crippen molar-refractivity contribution in [1.29, 1.82) is 5.26 Å². The van der Waals surface area contributed by atoms with Crippen LogP contribution < -0.4 is 5.73 Å². The Morgan fingerprint density at radius 3 is 2.12 bits per heavy atom. The van der Waals surface area contributed by atoms with Gasteiger partial charge in [-0.15, -0.1) is 0 Å². The largest absolute Gasteiger partial charge is 0.402 e. The third-order valence-electron chi connectivity index (χ3n) is 5.58. The summed E-state index contributed by atoms with van der Waals surface area (Å²) in [6.45, 7) is 19.9. The van der Waals surface area contributed by atoms with Crippen molar-refractivity contribution >= 4 is 6.29 Å². The number of benzene rings is 2. The number of nitrogens with zero attached hydrogens (tertiary/aromatic N) is 1. The van der Waals surface area contributed by atoms with Gasteiger partial charge >= 0.3 is 0 Å². The molecule has 0 aromatic heterocycles. The molecule has 0 saturated carbocycles. The third kappa shape index (κ3) is 23.0. The molecule has 0 aliphatic heterocycles. The first-order chi connectivity index (χ1) is 19.8. The highest BCUT2D eigenvalue weighted by Crippen LogP contribution is 2.20. The number of hydrogen-bond acceptors (Lipinski definition) is 3. The Balaban J connectivity index is -0.000000699. The highest BCUT2D eigenvalue weighted by molar-refractivity contribution is 5.44. The molecule has 0 aliphatic carbocycles. The molecule has 0 radical (unpaired) electrons. The topological polar surface area (TPSA) is 66.9 Å². The lowest BCUT2D eigenvalue weighted by atomic mass is 9.97. The van der Waals surface area contributed by atoms with Gasteiger partial charge < -0.3 is 10.5 Å². The number of unbranched alkanes of at least 4 members (excludes halogenated alkanes) is 4. The standard InChI is InChI=1S/C22H30N2.C9H11F.C2H4O.2C2H6/c1-4-5-6-7-8-12-18(2)22(19(3)24)16-11-15-20-13-9-10-14-21(20)17-23;1-2-4-8-5-3-6-9(10)7-8;1-2-3;2*1-2/h9-11,13-14,16H,2,4-8,12,15,24H2,1,3H3;3,5-7H,2,4H2,1H3;2H,1H3;2*1-2H3/b16-11-,22-19+;;;;. The monoisotopic (exact) mass is 564 g/mol. The average molecular weight is 565 g/mol. The van der Waals surface area contributed by atoms with Crippen molar-refractivity contribution in [2.45, 2.75) is 113 Å². The van der Waals surface area contributed by atoms with Gasteiger partial charge in [-0.2, -0.15) is 5.26 Å². The van der Waals surface area contributed by atoms with Gasteiger partial charge in [0.2, 0.25) is 0 Å². The Morgan fingerprint density at radius 2 is 1.59 bits per heavy atom. The van der Waals surface area contributed by atoms with E-state index in [1.807, 2.05) is 65.0 Å². The number of nitrogens with two attached hydrogens (primary N) is 1. The molecule has 2 aromatic carbocycles. The zero-order valence-corrected chi connectivity index (χ0v) is 27.2. The van der Waals surface area contributed by atoms with Crippen LogP contribution in [0.3, 0.4) is 0 Å². The van der Waals surface area contributed by atoms with Crippen LogP contribution in [0.4, 0.5) is 4.39 Å². The summed E-state index contributed by atoms with van der Waals surface area (Å²) in [6, 6.07) is 16.7. The van der Waals surface area contributed by atoms with Crippen LogP contribution in [0.2, 0.25) is 0 Å². The summed E-state index contributed by atoms with van der Waals surface area (Å²) < 4.78 is 12.5. The van der Waals surface area contributed by atoms with E-state index in [0.29, 0.717) is 0 Å². The first kappa shape index (κ1) is 42.0. The lowest BCUT2D eigenvalue weighted by Crippen LogP contribution is -1.99. The normalized spacial score (nSPS) is 10.0. The first-order valence-electron chi connectivity index (χ1n) is 15.3. The second kappa shape index (κ2) is 31.1. The molecule has 2 N–H and O–H groups in total. The number of halogens is 1. The fourth-order valence-electron chi connectivity index (χ4n) is 3.70. The predicted molar refractivity (Wildman–Crippen MR) is 178 cm³/mol. The minimum atomic E-state index is -0.133. The van der Waals surface area contributed by atoms with E-state index in [2.05, 4.69) is 38.6 Å². The van der Waals surface area contributed by atoms with Crippen LogP contribution in [0, 0.1) is 17.1 Å². The SMILES string of the molecule is C=C(CCCCCCC)C(/C=C\Cc1ccccc1C#N)=C(\C)N.CC.CC.CC=O.CCCc1cccc(F)c1. The molecule has 0 bridgehead atoms. The van der Waals surface area contributed by atoms with Crippen LogP contribution in [0.15, 0.2) is 84.1 Å². The van der Waals surface area contributed by atoms with Crippen LogP contribution >= 0.6 is 0 Å². The summed E-state index contributed by atoms with van der Waals surface area (Å²) in [5.74, 6) is -0.133. The van der Waals surface area contributed by atoms with Gasteiger partial charge in [0.15, 0.2) is 0 Å². The number of hydrogen-bond donors (Lipinski definition) is 1. The van der Waals surface area contributed by atoms with Gasteiger partial charge in [0.1, 0.15) is 12.1 Å². The van der Waals surface area contributed by atoms with Gasteiger partial charge in [-0.05, 0) is 80.0 Å². The lowest BCUT2D eigenvalue weighted by molar-refractivity contribution is -0.106. The molecule has 4 heteroatoms. The summed E-state index contributed by atoms with van der Waals surface area (Å²) in [7, 11) is 0. The van der Waals surface area contributed by atoms with Crippen LogP contribution in [0.25, 0.3) is 0 Å². The lowest BCUT2D eigenvalue weighted by Gasteiger charge is -2.09. The molecule has 0 unspecified atom stereocenters. The Bertz CT molecular complexity index is 1030. The number of carbonyl (C=O) groups excluding carboxylic acids is 1. The molecule has 2 rings (SSSR count). The number of nitriles is 1. The maximum Gasteiger partial charge on any atom is 0.123 e. The molecule has 0 heterocycles. The maximum atomic E-state index is 12.5. The summed E-state index contributed by atoms with van der Waals surface area (Å²) in [5.41, 5.74) is 11.8. The number of rotatable bonds is 12. The zero-order chi connectivity index (χ0) is 31.9. The molecule has 0 aliphatic rings. The fourth-order valence-corrected chi connectivity index (χ4v) is 3.70. The Kier molecular flexibility index (Phi) is 31.9. The molecule has 41 heavy (non-hydrogen) atoms. The molecular formula is C37H57FN2O. The number of aldehydes is 1. The van der Waals surface area contributed by atoms with Crippen molar-refractivity contribution in [1.82, 2.24) is 0 Å². The first-order valence-corrected chi connectivity index (χ1v) is 15.3. The fraction of sp³-hybridized carbons (Fsp3) is 0.459. The number of aryl methyl sites for hydroxylation is 1. The van der Waals surface area contributed by atoms with Crippen molar-refractivity contribution in [3.8, 4) is 6.07 Å². The Morgan fingerprint density at radius 1 is 0.976 bits per heavy atom. The molecule has 0 spiro atoms. The third-order valence-corrected chi connectivity index (χ3v) is 5.58. The van der Waals surface area contributed by atoms with Gasteiger partial charge in [0, 0.05) is 5.70 Å². The molecule has 2 aromatic rings. The van der Waals surface area contributed by atoms with Crippen molar-refractivity contribution in [2.24, 2.45) is 5.73 Å². The predicted octanol–water partition coefficient (Wildman–Crippen LogP) is 10.8. The summed E-state index contributed by atoms with van der Waals surface area (Å²) in [6.07, 6.45) is 14.9. The van der Waals surface area contributed by atoms with E-state index < -0.39 is 0 Å². The highest BCUT2D eigenvalue weighted by Gasteiger charge is 2.04. The van der Waals surface area contributed by atoms with Crippen molar-refractivity contribution < 1.29 is 9.18 Å². The van der Waals surface area contributed by atoms with E-state index in [1.54, 1.807) is 12.1 Å². The smallest absolute Gasteiger partial charge is 0.123 e. The van der Waals surface area contributed by atoms with Gasteiger partial charge in [-0.25, -0.2) is 4.39 Å². The van der Waals surface area contributed by atoms with Crippen molar-refractivity contribution in [3.05, 3.63) is 107 Å². The Labute approximate surface area is 252 Å². The van der Waals surface area contributed by atoms with Crippen LogP contribution in [0.1, 0.15) is 117 Å². The van der Waals surface area contributed by atoms with Gasteiger partial charge in [-0.1, -0.05) is 123 Å². The van der Waals surface area contributed by atoms with Crippen molar-refractivity contribution in [2.75, 3.05) is 0 Å². The average Bonchev–Trinajstić information content (AvgIpc) is 2.98. The molecule has 0 atom stereocenters.